The van der Waals surface area contributed by atoms with Crippen molar-refractivity contribution >= 4 is 5.91 Å². The van der Waals surface area contributed by atoms with Crippen LogP contribution in [0.25, 0.3) is 0 Å². The lowest BCUT2D eigenvalue weighted by Crippen LogP contribution is -2.41. The van der Waals surface area contributed by atoms with Crippen LogP contribution in [0.15, 0.2) is 24.4 Å². The normalized spacial score (nSPS) is 12.0. The van der Waals surface area contributed by atoms with Gasteiger partial charge in [0, 0.05) is 6.54 Å². The molecular formula is C18H25N3O3. The number of nitrogens with zero attached hydrogens (tertiary/aromatic N) is 2. The van der Waals surface area contributed by atoms with E-state index in [-0.39, 0.29) is 19.1 Å². The Labute approximate surface area is 142 Å². The second kappa shape index (κ2) is 7.97. The third-order valence-electron chi connectivity index (χ3n) is 3.79. The highest BCUT2D eigenvalue weighted by molar-refractivity contribution is 5.81. The number of hydrogen-bond acceptors (Lipinski definition) is 4. The number of aromatic amines is 1. The zero-order chi connectivity index (χ0) is 17.7. The fraction of sp³-hybridized carbons (Fsp3) is 0.444. The molecule has 0 radical (unpaired) electrons. The third-order valence-corrected chi connectivity index (χ3v) is 3.79. The summed E-state index contributed by atoms with van der Waals surface area (Å²) in [6.45, 7) is 8.02. The standard InChI is InChI=1S/C18H25N3O3/c1-12-5-6-13(2)17(9-12)24-14(3)18(23)21(7-8-22)11-16-10-19-15(4)20-16/h5-6,9-10,14,22H,7-8,11H2,1-4H3,(H,19,20). The molecule has 1 amide bonds. The molecule has 2 aromatic rings. The second-order valence-electron chi connectivity index (χ2n) is 6.01. The van der Waals surface area contributed by atoms with Crippen LogP contribution in [0.5, 0.6) is 5.75 Å². The number of benzene rings is 1. The Balaban J connectivity index is 2.08. The lowest BCUT2D eigenvalue weighted by atomic mass is 10.1. The van der Waals surface area contributed by atoms with Crippen molar-refractivity contribution in [1.29, 1.82) is 0 Å². The quantitative estimate of drug-likeness (QED) is 0.814. The average Bonchev–Trinajstić information content (AvgIpc) is 2.95. The summed E-state index contributed by atoms with van der Waals surface area (Å²) < 4.78 is 5.86. The van der Waals surface area contributed by atoms with Gasteiger partial charge in [0.05, 0.1) is 25.0 Å². The number of imidazole rings is 1. The molecule has 24 heavy (non-hydrogen) atoms. The van der Waals surface area contributed by atoms with Gasteiger partial charge in [-0.05, 0) is 44.9 Å². The highest BCUT2D eigenvalue weighted by atomic mass is 16.5. The molecule has 0 fully saturated rings. The molecule has 2 rings (SSSR count). The molecule has 1 atom stereocenters. The molecule has 6 nitrogen and oxygen atoms in total. The number of amides is 1. The Morgan fingerprint density at radius 1 is 1.38 bits per heavy atom. The second-order valence-corrected chi connectivity index (χ2v) is 6.01. The van der Waals surface area contributed by atoms with E-state index >= 15 is 0 Å². The minimum Gasteiger partial charge on any atom is -0.481 e. The molecule has 0 aliphatic heterocycles. The van der Waals surface area contributed by atoms with Gasteiger partial charge in [-0.2, -0.15) is 0 Å². The summed E-state index contributed by atoms with van der Waals surface area (Å²) >= 11 is 0. The number of ether oxygens (including phenoxy) is 1. The van der Waals surface area contributed by atoms with Crippen molar-refractivity contribution in [3.8, 4) is 5.75 Å². The number of aliphatic hydroxyl groups is 1. The molecule has 130 valence electrons. The fourth-order valence-corrected chi connectivity index (χ4v) is 2.48. The van der Waals surface area contributed by atoms with Gasteiger partial charge < -0.3 is 19.7 Å². The number of aliphatic hydroxyl groups excluding tert-OH is 1. The molecule has 0 saturated carbocycles. The largest absolute Gasteiger partial charge is 0.481 e. The van der Waals surface area contributed by atoms with E-state index in [0.717, 1.165) is 22.6 Å². The average molecular weight is 331 g/mol. The van der Waals surface area contributed by atoms with Crippen molar-refractivity contribution in [2.45, 2.75) is 40.3 Å². The number of H-pyrrole nitrogens is 1. The zero-order valence-corrected chi connectivity index (χ0v) is 14.7. The number of hydrogen-bond donors (Lipinski definition) is 2. The van der Waals surface area contributed by atoms with Crippen molar-refractivity contribution < 1.29 is 14.6 Å². The van der Waals surface area contributed by atoms with E-state index in [0.29, 0.717) is 12.3 Å². The first-order chi connectivity index (χ1) is 11.4. The van der Waals surface area contributed by atoms with E-state index in [2.05, 4.69) is 9.97 Å². The molecule has 2 N–H and O–H groups in total. The fourth-order valence-electron chi connectivity index (χ4n) is 2.48. The Morgan fingerprint density at radius 2 is 2.12 bits per heavy atom. The summed E-state index contributed by atoms with van der Waals surface area (Å²) in [6.07, 6.45) is 1.06. The molecule has 0 bridgehead atoms. The SMILES string of the molecule is Cc1ccc(C)c(OC(C)C(=O)N(CCO)Cc2cnc(C)[nH]2)c1. The van der Waals surface area contributed by atoms with E-state index in [9.17, 15) is 9.90 Å². The van der Waals surface area contributed by atoms with Gasteiger partial charge in [0.1, 0.15) is 11.6 Å². The first-order valence-electron chi connectivity index (χ1n) is 8.04. The van der Waals surface area contributed by atoms with Crippen LogP contribution in [0.3, 0.4) is 0 Å². The van der Waals surface area contributed by atoms with Crippen LogP contribution in [0.2, 0.25) is 0 Å². The van der Waals surface area contributed by atoms with Crippen LogP contribution in [0, 0.1) is 20.8 Å². The molecule has 0 spiro atoms. The van der Waals surface area contributed by atoms with Crippen LogP contribution in [0.4, 0.5) is 0 Å². The van der Waals surface area contributed by atoms with Gasteiger partial charge in [0.2, 0.25) is 0 Å². The maximum Gasteiger partial charge on any atom is 0.263 e. The summed E-state index contributed by atoms with van der Waals surface area (Å²) in [5, 5.41) is 9.26. The summed E-state index contributed by atoms with van der Waals surface area (Å²) in [6, 6.07) is 5.90. The highest BCUT2D eigenvalue weighted by Gasteiger charge is 2.23. The first kappa shape index (κ1) is 18.0. The van der Waals surface area contributed by atoms with E-state index in [1.54, 1.807) is 18.0 Å². The van der Waals surface area contributed by atoms with Crippen LogP contribution in [-0.4, -0.2) is 45.1 Å². The molecule has 1 aromatic heterocycles. The number of carbonyl (C=O) groups is 1. The number of aromatic nitrogens is 2. The van der Waals surface area contributed by atoms with E-state index in [4.69, 9.17) is 4.74 Å². The topological polar surface area (TPSA) is 78.4 Å². The van der Waals surface area contributed by atoms with Crippen LogP contribution >= 0.6 is 0 Å². The molecule has 1 aromatic carbocycles. The highest BCUT2D eigenvalue weighted by Crippen LogP contribution is 2.21. The van der Waals surface area contributed by atoms with Crippen molar-refractivity contribution in [1.82, 2.24) is 14.9 Å². The van der Waals surface area contributed by atoms with Gasteiger partial charge in [-0.25, -0.2) is 4.98 Å². The maximum atomic E-state index is 12.7. The van der Waals surface area contributed by atoms with Crippen molar-refractivity contribution in [2.24, 2.45) is 0 Å². The lowest BCUT2D eigenvalue weighted by molar-refractivity contribution is -0.139. The van der Waals surface area contributed by atoms with Crippen molar-refractivity contribution in [3.05, 3.63) is 47.0 Å². The van der Waals surface area contributed by atoms with Crippen molar-refractivity contribution in [2.75, 3.05) is 13.2 Å². The van der Waals surface area contributed by atoms with Crippen molar-refractivity contribution in [3.63, 3.8) is 0 Å². The Kier molecular flexibility index (Phi) is 5.98. The number of nitrogens with one attached hydrogen (secondary N) is 1. The number of aryl methyl sites for hydroxylation is 3. The molecule has 1 heterocycles. The lowest BCUT2D eigenvalue weighted by Gasteiger charge is -2.25. The van der Waals surface area contributed by atoms with Gasteiger partial charge >= 0.3 is 0 Å². The first-order valence-corrected chi connectivity index (χ1v) is 8.04. The molecule has 0 aliphatic rings. The van der Waals surface area contributed by atoms with Crippen LogP contribution in [-0.2, 0) is 11.3 Å². The summed E-state index contributed by atoms with van der Waals surface area (Å²) in [5.41, 5.74) is 2.89. The molecule has 0 aliphatic carbocycles. The summed E-state index contributed by atoms with van der Waals surface area (Å²) in [4.78, 5) is 21.5. The molecule has 1 unspecified atom stereocenters. The van der Waals surface area contributed by atoms with Crippen LogP contribution in [0.1, 0.15) is 29.6 Å². The summed E-state index contributed by atoms with van der Waals surface area (Å²) in [5.74, 6) is 1.33. The monoisotopic (exact) mass is 331 g/mol. The smallest absolute Gasteiger partial charge is 0.263 e. The van der Waals surface area contributed by atoms with Gasteiger partial charge in [0.25, 0.3) is 5.91 Å². The van der Waals surface area contributed by atoms with E-state index in [1.807, 2.05) is 39.0 Å². The molecular weight excluding hydrogens is 306 g/mol. The Bertz CT molecular complexity index is 697. The van der Waals surface area contributed by atoms with Gasteiger partial charge in [0.15, 0.2) is 6.10 Å². The minimum absolute atomic E-state index is 0.102. The maximum absolute atomic E-state index is 12.7. The predicted molar refractivity (Wildman–Crippen MR) is 91.8 cm³/mol. The van der Waals surface area contributed by atoms with Crippen LogP contribution < -0.4 is 4.74 Å². The zero-order valence-electron chi connectivity index (χ0n) is 14.7. The minimum atomic E-state index is -0.638. The number of rotatable bonds is 7. The van der Waals surface area contributed by atoms with E-state index in [1.165, 1.54) is 0 Å². The predicted octanol–water partition coefficient (Wildman–Crippen LogP) is 2.12. The Morgan fingerprint density at radius 3 is 2.75 bits per heavy atom. The van der Waals surface area contributed by atoms with Gasteiger partial charge in [-0.15, -0.1) is 0 Å². The Hall–Kier alpha value is -2.34. The molecule has 6 heteroatoms. The third kappa shape index (κ3) is 4.58. The summed E-state index contributed by atoms with van der Waals surface area (Å²) in [7, 11) is 0. The number of carbonyl (C=O) groups excluding carboxylic acids is 1. The van der Waals surface area contributed by atoms with Gasteiger partial charge in [-0.3, -0.25) is 4.79 Å². The van der Waals surface area contributed by atoms with Gasteiger partial charge in [-0.1, -0.05) is 12.1 Å². The molecule has 0 saturated heterocycles. The van der Waals surface area contributed by atoms with E-state index < -0.39 is 6.10 Å².